The van der Waals surface area contributed by atoms with Crippen molar-refractivity contribution in [1.82, 2.24) is 0 Å². The summed E-state index contributed by atoms with van der Waals surface area (Å²) < 4.78 is 0. The van der Waals surface area contributed by atoms with Crippen LogP contribution in [-0.4, -0.2) is 22.2 Å². The molecule has 28 heavy (non-hydrogen) atoms. The zero-order chi connectivity index (χ0) is 20.2. The minimum atomic E-state index is -0.641. The van der Waals surface area contributed by atoms with Crippen molar-refractivity contribution in [3.63, 3.8) is 0 Å². The second-order valence-electron chi connectivity index (χ2n) is 11.9. The Labute approximate surface area is 169 Å². The summed E-state index contributed by atoms with van der Waals surface area (Å²) in [6.45, 7) is 4.88. The van der Waals surface area contributed by atoms with E-state index in [0.717, 1.165) is 38.5 Å². The molecule has 4 fully saturated rings. The fraction of sp³-hybridized carbons (Fsp3) is 0.917. The fourth-order valence-electron chi connectivity index (χ4n) is 8.92. The van der Waals surface area contributed by atoms with Crippen molar-refractivity contribution in [2.75, 3.05) is 0 Å². The molecule has 0 radical (unpaired) electrons. The summed E-state index contributed by atoms with van der Waals surface area (Å²) in [6, 6.07) is 0. The van der Waals surface area contributed by atoms with E-state index in [0.29, 0.717) is 24.7 Å². The van der Waals surface area contributed by atoms with E-state index >= 15 is 0 Å². The average Bonchev–Trinajstić information content (AvgIpc) is 2.51. The summed E-state index contributed by atoms with van der Waals surface area (Å²) in [5, 5.41) is 19.2. The van der Waals surface area contributed by atoms with Gasteiger partial charge in [0, 0.05) is 0 Å². The molecule has 4 rings (SSSR count). The first-order valence-electron chi connectivity index (χ1n) is 11.5. The van der Waals surface area contributed by atoms with Crippen LogP contribution in [0.3, 0.4) is 0 Å². The minimum absolute atomic E-state index is 0.0305. The van der Waals surface area contributed by atoms with E-state index in [4.69, 9.17) is 0 Å². The molecule has 0 aromatic heterocycles. The molecule has 2 N–H and O–H groups in total. The van der Waals surface area contributed by atoms with E-state index < -0.39 is 11.9 Å². The number of rotatable bonds is 5. The van der Waals surface area contributed by atoms with Crippen LogP contribution in [0, 0.1) is 33.5 Å². The summed E-state index contributed by atoms with van der Waals surface area (Å²) in [4.78, 5) is 23.4. The molecule has 0 amide bonds. The first kappa shape index (κ1) is 20.2. The average molecular weight is 391 g/mol. The van der Waals surface area contributed by atoms with Crippen LogP contribution in [0.25, 0.3) is 0 Å². The molecule has 0 saturated heterocycles. The van der Waals surface area contributed by atoms with Gasteiger partial charge >= 0.3 is 11.9 Å². The van der Waals surface area contributed by atoms with Gasteiger partial charge in [0.05, 0.1) is 12.8 Å². The smallest absolute Gasteiger partial charge is 0.303 e. The second kappa shape index (κ2) is 6.74. The molecule has 6 unspecified atom stereocenters. The molecule has 4 aliphatic carbocycles. The SMILES string of the molecule is CC1(C2(C)CC3CCCC(CC(=O)O)(C3)C2)CC2CCCC(CC(=O)O)(C2)C1. The van der Waals surface area contributed by atoms with Gasteiger partial charge in [-0.05, 0) is 84.9 Å². The first-order valence-corrected chi connectivity index (χ1v) is 11.5. The summed E-state index contributed by atoms with van der Waals surface area (Å²) in [5.41, 5.74) is 0.200. The Morgan fingerprint density at radius 3 is 1.50 bits per heavy atom. The lowest BCUT2D eigenvalue weighted by Gasteiger charge is -2.64. The Bertz CT molecular complexity index is 603. The van der Waals surface area contributed by atoms with Gasteiger partial charge in [-0.15, -0.1) is 0 Å². The van der Waals surface area contributed by atoms with Crippen molar-refractivity contribution in [2.45, 2.75) is 104 Å². The maximum absolute atomic E-state index is 11.7. The Hall–Kier alpha value is -1.06. The van der Waals surface area contributed by atoms with Gasteiger partial charge in [0.15, 0.2) is 0 Å². The summed E-state index contributed by atoms with van der Waals surface area (Å²) in [7, 11) is 0. The predicted octanol–water partition coefficient (Wildman–Crippen LogP) is 5.89. The van der Waals surface area contributed by atoms with Crippen LogP contribution in [0.4, 0.5) is 0 Å². The highest BCUT2D eigenvalue weighted by Gasteiger charge is 2.60. The fourth-order valence-corrected chi connectivity index (χ4v) is 8.92. The molecular formula is C24H38O4. The first-order chi connectivity index (χ1) is 13.1. The van der Waals surface area contributed by atoms with E-state index in [9.17, 15) is 19.8 Å². The lowest BCUT2D eigenvalue weighted by atomic mass is 9.41. The van der Waals surface area contributed by atoms with Crippen LogP contribution in [0.1, 0.15) is 104 Å². The summed E-state index contributed by atoms with van der Waals surface area (Å²) >= 11 is 0. The van der Waals surface area contributed by atoms with Gasteiger partial charge in [-0.1, -0.05) is 39.5 Å². The summed E-state index contributed by atoms with van der Waals surface area (Å²) in [5.74, 6) is 0.0255. The monoisotopic (exact) mass is 390 g/mol. The highest BCUT2D eigenvalue weighted by Crippen LogP contribution is 2.69. The van der Waals surface area contributed by atoms with Crippen LogP contribution in [-0.2, 0) is 9.59 Å². The minimum Gasteiger partial charge on any atom is -0.481 e. The maximum atomic E-state index is 11.7. The number of carboxylic acid groups (broad SMARTS) is 2. The van der Waals surface area contributed by atoms with Crippen LogP contribution < -0.4 is 0 Å². The molecule has 0 spiro atoms. The van der Waals surface area contributed by atoms with Crippen molar-refractivity contribution < 1.29 is 19.8 Å². The van der Waals surface area contributed by atoms with E-state index in [1.54, 1.807) is 0 Å². The molecule has 4 heteroatoms. The number of hydrogen-bond donors (Lipinski definition) is 2. The number of carbonyl (C=O) groups is 2. The van der Waals surface area contributed by atoms with Gasteiger partial charge in [-0.2, -0.15) is 0 Å². The molecule has 0 heterocycles. The molecule has 0 aromatic carbocycles. The van der Waals surface area contributed by atoms with Gasteiger partial charge in [0.2, 0.25) is 0 Å². The van der Waals surface area contributed by atoms with Gasteiger partial charge in [-0.25, -0.2) is 0 Å². The number of aliphatic carboxylic acids is 2. The zero-order valence-corrected chi connectivity index (χ0v) is 17.8. The van der Waals surface area contributed by atoms with Crippen molar-refractivity contribution in [2.24, 2.45) is 33.5 Å². The quantitative estimate of drug-likeness (QED) is 0.614. The molecule has 6 atom stereocenters. The van der Waals surface area contributed by atoms with E-state index in [1.165, 1.54) is 38.5 Å². The second-order valence-corrected chi connectivity index (χ2v) is 11.9. The van der Waals surface area contributed by atoms with Gasteiger partial charge in [0.25, 0.3) is 0 Å². The molecule has 158 valence electrons. The number of carboxylic acids is 2. The molecule has 0 aliphatic heterocycles. The topological polar surface area (TPSA) is 74.6 Å². The van der Waals surface area contributed by atoms with E-state index in [-0.39, 0.29) is 21.7 Å². The zero-order valence-electron chi connectivity index (χ0n) is 17.8. The predicted molar refractivity (Wildman–Crippen MR) is 108 cm³/mol. The van der Waals surface area contributed by atoms with E-state index in [2.05, 4.69) is 13.8 Å². The van der Waals surface area contributed by atoms with Crippen molar-refractivity contribution in [3.05, 3.63) is 0 Å². The van der Waals surface area contributed by atoms with Crippen LogP contribution in [0.5, 0.6) is 0 Å². The van der Waals surface area contributed by atoms with Gasteiger partial charge in [-0.3, -0.25) is 9.59 Å². The van der Waals surface area contributed by atoms with Crippen molar-refractivity contribution in [1.29, 1.82) is 0 Å². The largest absolute Gasteiger partial charge is 0.481 e. The molecule has 4 saturated carbocycles. The lowest BCUT2D eigenvalue weighted by Crippen LogP contribution is -2.55. The Morgan fingerprint density at radius 2 is 1.14 bits per heavy atom. The number of hydrogen-bond acceptors (Lipinski definition) is 2. The third kappa shape index (κ3) is 3.50. The molecular weight excluding hydrogens is 352 g/mol. The highest BCUT2D eigenvalue weighted by atomic mass is 16.4. The maximum Gasteiger partial charge on any atom is 0.303 e. The third-order valence-corrected chi connectivity index (χ3v) is 9.60. The van der Waals surface area contributed by atoms with Crippen molar-refractivity contribution >= 4 is 11.9 Å². The van der Waals surface area contributed by atoms with Crippen LogP contribution in [0.15, 0.2) is 0 Å². The Morgan fingerprint density at radius 1 is 0.750 bits per heavy atom. The lowest BCUT2D eigenvalue weighted by molar-refractivity contribution is -0.161. The Kier molecular flexibility index (Phi) is 4.87. The Balaban J connectivity index is 1.66. The molecule has 4 nitrogen and oxygen atoms in total. The normalized spacial score (nSPS) is 48.1. The molecule has 0 aromatic rings. The third-order valence-electron chi connectivity index (χ3n) is 9.60. The van der Waals surface area contributed by atoms with Crippen molar-refractivity contribution in [3.8, 4) is 0 Å². The van der Waals surface area contributed by atoms with Crippen LogP contribution in [0.2, 0.25) is 0 Å². The van der Waals surface area contributed by atoms with E-state index in [1.807, 2.05) is 0 Å². The van der Waals surface area contributed by atoms with Gasteiger partial charge < -0.3 is 10.2 Å². The molecule has 4 aliphatic rings. The highest BCUT2D eigenvalue weighted by molar-refractivity contribution is 5.68. The van der Waals surface area contributed by atoms with Gasteiger partial charge in [0.1, 0.15) is 0 Å². The summed E-state index contributed by atoms with van der Waals surface area (Å²) in [6.07, 6.45) is 14.3. The number of fused-ring (bicyclic) bond motifs is 4. The molecule has 4 bridgehead atoms. The van der Waals surface area contributed by atoms with Crippen LogP contribution >= 0.6 is 0 Å². The standard InChI is InChI=1S/C24H38O4/c1-21(9-17-5-3-7-23(11-17,15-21)13-19(25)26)22(2)10-18-6-4-8-24(12-18,16-22)14-20(27)28/h17-18H,3-16H2,1-2H3,(H,25,26)(H,27,28).